The molecule has 0 amide bonds. The number of phenols is 2. The van der Waals surface area contributed by atoms with Crippen molar-refractivity contribution < 1.29 is 10.2 Å². The van der Waals surface area contributed by atoms with E-state index in [-0.39, 0.29) is 0 Å². The molecular weight excluding hydrogens is 224 g/mol. The fourth-order valence-electron chi connectivity index (χ4n) is 4.56. The first-order valence-corrected chi connectivity index (χ1v) is 6.73. The van der Waals surface area contributed by atoms with E-state index < -0.39 is 0 Å². The smallest absolute Gasteiger partial charge is 0.124 e. The molecule has 4 aliphatic rings. The lowest BCUT2D eigenvalue weighted by atomic mass is 9.85. The van der Waals surface area contributed by atoms with Gasteiger partial charge < -0.3 is 10.2 Å². The molecule has 5 rings (SSSR count). The number of hydrogen-bond donors (Lipinski definition) is 2. The third kappa shape index (κ3) is 0.798. The second-order valence-corrected chi connectivity index (χ2v) is 6.02. The lowest BCUT2D eigenvalue weighted by molar-refractivity contribution is 0.441. The van der Waals surface area contributed by atoms with Gasteiger partial charge in [0, 0.05) is 45.9 Å². The number of fused-ring (bicyclic) bond motifs is 10. The molecule has 1 aromatic rings. The highest BCUT2D eigenvalue weighted by Crippen LogP contribution is 2.63. The molecule has 1 aromatic carbocycles. The van der Waals surface area contributed by atoms with Crippen LogP contribution >= 0.6 is 0 Å². The Labute approximate surface area is 105 Å². The maximum Gasteiger partial charge on any atom is 0.124 e. The van der Waals surface area contributed by atoms with Crippen LogP contribution in [-0.2, 0) is 0 Å². The summed E-state index contributed by atoms with van der Waals surface area (Å²) in [6.07, 6.45) is 10.8. The molecule has 0 aliphatic heterocycles. The average Bonchev–Trinajstić information content (AvgIpc) is 3.10. The second kappa shape index (κ2) is 2.66. The van der Waals surface area contributed by atoms with Crippen molar-refractivity contribution in [3.05, 3.63) is 46.6 Å². The summed E-state index contributed by atoms with van der Waals surface area (Å²) >= 11 is 0. The van der Waals surface area contributed by atoms with Crippen LogP contribution in [0.5, 0.6) is 11.5 Å². The topological polar surface area (TPSA) is 40.5 Å². The SMILES string of the molecule is Oc1c2c(c(O)c3c1C1C=CC3C1)C1C=CC2C1. The lowest BCUT2D eigenvalue weighted by Gasteiger charge is -2.22. The molecule has 2 heteroatoms. The first-order valence-electron chi connectivity index (χ1n) is 6.73. The first-order chi connectivity index (χ1) is 8.75. The third-order valence-electron chi connectivity index (χ3n) is 5.25. The molecule has 90 valence electrons. The Kier molecular flexibility index (Phi) is 1.37. The van der Waals surface area contributed by atoms with Crippen molar-refractivity contribution >= 4 is 0 Å². The molecule has 18 heavy (non-hydrogen) atoms. The van der Waals surface area contributed by atoms with E-state index in [1.54, 1.807) is 0 Å². The van der Waals surface area contributed by atoms with Crippen LogP contribution in [0.4, 0.5) is 0 Å². The molecule has 4 atom stereocenters. The largest absolute Gasteiger partial charge is 0.507 e. The van der Waals surface area contributed by atoms with Crippen LogP contribution in [0.1, 0.15) is 58.8 Å². The van der Waals surface area contributed by atoms with E-state index in [9.17, 15) is 10.2 Å². The predicted molar refractivity (Wildman–Crippen MR) is 68.2 cm³/mol. The highest BCUT2D eigenvalue weighted by atomic mass is 16.3. The zero-order valence-electron chi connectivity index (χ0n) is 9.93. The minimum absolute atomic E-state index is 0.323. The highest BCUT2D eigenvalue weighted by molar-refractivity contribution is 5.70. The first kappa shape index (κ1) is 9.26. The number of phenolic OH excluding ortho intramolecular Hbond substituents is 2. The quantitative estimate of drug-likeness (QED) is 0.537. The Bertz CT molecular complexity index is 548. The molecule has 0 radical (unpaired) electrons. The van der Waals surface area contributed by atoms with Gasteiger partial charge in [-0.15, -0.1) is 0 Å². The van der Waals surface area contributed by atoms with Crippen LogP contribution in [0.3, 0.4) is 0 Å². The molecule has 4 aliphatic carbocycles. The molecule has 4 unspecified atom stereocenters. The molecule has 0 aromatic heterocycles. The van der Waals surface area contributed by atoms with Gasteiger partial charge in [0.2, 0.25) is 0 Å². The van der Waals surface area contributed by atoms with Crippen molar-refractivity contribution in [3.63, 3.8) is 0 Å². The summed E-state index contributed by atoms with van der Waals surface area (Å²) in [5, 5.41) is 21.2. The Hall–Kier alpha value is -1.70. The summed E-state index contributed by atoms with van der Waals surface area (Å²) in [6.45, 7) is 0. The molecular formula is C16H14O2. The van der Waals surface area contributed by atoms with Crippen molar-refractivity contribution in [3.8, 4) is 11.5 Å². The van der Waals surface area contributed by atoms with Crippen molar-refractivity contribution in [1.82, 2.24) is 0 Å². The summed E-state index contributed by atoms with van der Waals surface area (Å²) in [5.41, 5.74) is 4.05. The monoisotopic (exact) mass is 238 g/mol. The summed E-state index contributed by atoms with van der Waals surface area (Å²) < 4.78 is 0. The van der Waals surface area contributed by atoms with Gasteiger partial charge in [0.15, 0.2) is 0 Å². The Morgan fingerprint density at radius 1 is 0.611 bits per heavy atom. The normalized spacial score (nSPS) is 36.4. The fraction of sp³-hybridized carbons (Fsp3) is 0.375. The van der Waals surface area contributed by atoms with Gasteiger partial charge in [0.1, 0.15) is 11.5 Å². The number of benzene rings is 1. The van der Waals surface area contributed by atoms with Gasteiger partial charge in [-0.25, -0.2) is 0 Å². The van der Waals surface area contributed by atoms with Crippen LogP contribution in [0, 0.1) is 0 Å². The van der Waals surface area contributed by atoms with E-state index in [1.165, 1.54) is 0 Å². The number of hydrogen-bond acceptors (Lipinski definition) is 2. The van der Waals surface area contributed by atoms with E-state index in [0.717, 1.165) is 35.1 Å². The maximum absolute atomic E-state index is 10.6. The van der Waals surface area contributed by atoms with Gasteiger partial charge in [0.25, 0.3) is 0 Å². The van der Waals surface area contributed by atoms with Gasteiger partial charge >= 0.3 is 0 Å². The van der Waals surface area contributed by atoms with Crippen LogP contribution < -0.4 is 0 Å². The zero-order valence-corrected chi connectivity index (χ0v) is 9.93. The van der Waals surface area contributed by atoms with Gasteiger partial charge in [-0.2, -0.15) is 0 Å². The predicted octanol–water partition coefficient (Wildman–Crippen LogP) is 3.38. The van der Waals surface area contributed by atoms with Gasteiger partial charge in [-0.05, 0) is 12.8 Å². The molecule has 0 heterocycles. The van der Waals surface area contributed by atoms with Gasteiger partial charge in [0.05, 0.1) is 0 Å². The van der Waals surface area contributed by atoms with E-state index in [4.69, 9.17) is 0 Å². The maximum atomic E-state index is 10.6. The Balaban J connectivity index is 1.90. The van der Waals surface area contributed by atoms with Crippen LogP contribution in [0.2, 0.25) is 0 Å². The Morgan fingerprint density at radius 3 is 1.17 bits per heavy atom. The molecule has 0 spiro atoms. The van der Waals surface area contributed by atoms with E-state index in [2.05, 4.69) is 24.3 Å². The average molecular weight is 238 g/mol. The molecule has 4 bridgehead atoms. The van der Waals surface area contributed by atoms with Crippen molar-refractivity contribution in [2.75, 3.05) is 0 Å². The minimum Gasteiger partial charge on any atom is -0.507 e. The summed E-state index contributed by atoms with van der Waals surface area (Å²) in [4.78, 5) is 0. The van der Waals surface area contributed by atoms with Crippen molar-refractivity contribution in [1.29, 1.82) is 0 Å². The summed E-state index contributed by atoms with van der Waals surface area (Å²) in [7, 11) is 0. The van der Waals surface area contributed by atoms with Gasteiger partial charge in [-0.1, -0.05) is 24.3 Å². The standard InChI is InChI=1S/C16H14O2/c17-15-11-7-1-2-8(5-7)12(11)16(18)14-10-4-3-9(6-10)13(14)15/h1-4,7-10,17-18H,5-6H2. The molecule has 2 N–H and O–H groups in total. The number of allylic oxidation sites excluding steroid dienone is 4. The fourth-order valence-corrected chi connectivity index (χ4v) is 4.56. The van der Waals surface area contributed by atoms with Crippen LogP contribution in [0.15, 0.2) is 24.3 Å². The van der Waals surface area contributed by atoms with Crippen LogP contribution in [0.25, 0.3) is 0 Å². The van der Waals surface area contributed by atoms with Crippen molar-refractivity contribution in [2.45, 2.75) is 36.5 Å². The number of rotatable bonds is 0. The van der Waals surface area contributed by atoms with E-state index in [0.29, 0.717) is 35.2 Å². The van der Waals surface area contributed by atoms with Gasteiger partial charge in [-0.3, -0.25) is 0 Å². The van der Waals surface area contributed by atoms with E-state index >= 15 is 0 Å². The summed E-state index contributed by atoms with van der Waals surface area (Å²) in [6, 6.07) is 0. The molecule has 2 nitrogen and oxygen atoms in total. The number of aromatic hydroxyl groups is 2. The Morgan fingerprint density at radius 2 is 0.889 bits per heavy atom. The highest BCUT2D eigenvalue weighted by Gasteiger charge is 2.45. The summed E-state index contributed by atoms with van der Waals surface area (Å²) in [5.74, 6) is 2.25. The second-order valence-electron chi connectivity index (χ2n) is 6.02. The van der Waals surface area contributed by atoms with Crippen molar-refractivity contribution in [2.24, 2.45) is 0 Å². The lowest BCUT2D eigenvalue weighted by Crippen LogP contribution is -2.03. The molecule has 0 saturated heterocycles. The molecule has 0 fully saturated rings. The minimum atomic E-state index is 0.323. The van der Waals surface area contributed by atoms with E-state index in [1.807, 2.05) is 0 Å². The molecule has 0 saturated carbocycles. The third-order valence-corrected chi connectivity index (χ3v) is 5.25. The zero-order chi connectivity index (χ0) is 12.0. The van der Waals surface area contributed by atoms with Crippen LogP contribution in [-0.4, -0.2) is 10.2 Å².